The predicted molar refractivity (Wildman–Crippen MR) is 147 cm³/mol. The fourth-order valence-corrected chi connectivity index (χ4v) is 4.70. The first-order valence-corrected chi connectivity index (χ1v) is 12.8. The van der Waals surface area contributed by atoms with E-state index in [4.69, 9.17) is 4.84 Å². The number of aromatic nitrogens is 1. The Bertz CT molecular complexity index is 1500. The third kappa shape index (κ3) is 6.57. The van der Waals surface area contributed by atoms with Crippen LogP contribution >= 0.6 is 0 Å². The first-order chi connectivity index (χ1) is 18.6. The lowest BCUT2D eigenvalue weighted by molar-refractivity contribution is -0.268. The monoisotopic (exact) mass is 536 g/mol. The van der Waals surface area contributed by atoms with Crippen molar-refractivity contribution >= 4 is 16.6 Å². The van der Waals surface area contributed by atoms with Gasteiger partial charge in [0.05, 0.1) is 17.8 Å². The van der Waals surface area contributed by atoms with E-state index in [0.29, 0.717) is 35.2 Å². The molecular formula is C31H31F3N2O3. The smallest absolute Gasteiger partial charge is 0.391 e. The molecule has 0 aliphatic carbocycles. The molecule has 1 aromatic heterocycles. The van der Waals surface area contributed by atoms with Gasteiger partial charge in [-0.15, -0.1) is 0 Å². The van der Waals surface area contributed by atoms with Gasteiger partial charge in [0.15, 0.2) is 11.0 Å². The molecule has 5 nitrogen and oxygen atoms in total. The molecule has 2 unspecified atom stereocenters. The first-order valence-electron chi connectivity index (χ1n) is 12.8. The number of para-hydroxylation sites is 1. The summed E-state index contributed by atoms with van der Waals surface area (Å²) in [6.45, 7) is 3.14. The van der Waals surface area contributed by atoms with Gasteiger partial charge in [-0.2, -0.15) is 13.2 Å². The maximum Gasteiger partial charge on any atom is 0.418 e. The molecule has 2 atom stereocenters. The van der Waals surface area contributed by atoms with Crippen molar-refractivity contribution in [1.29, 1.82) is 0 Å². The number of alkyl halides is 3. The van der Waals surface area contributed by atoms with E-state index in [2.05, 4.69) is 5.16 Å². The van der Waals surface area contributed by atoms with Crippen molar-refractivity contribution in [3.63, 3.8) is 0 Å². The molecule has 204 valence electrons. The minimum atomic E-state index is -4.90. The molecule has 0 saturated heterocycles. The fraction of sp³-hybridized carbons (Fsp3) is 0.290. The van der Waals surface area contributed by atoms with Crippen LogP contribution in [0.3, 0.4) is 0 Å². The Morgan fingerprint density at radius 1 is 1.00 bits per heavy atom. The second-order valence-corrected chi connectivity index (χ2v) is 9.72. The van der Waals surface area contributed by atoms with E-state index in [1.807, 2.05) is 36.4 Å². The lowest BCUT2D eigenvalue weighted by Crippen LogP contribution is -2.49. The SMILES string of the molecule is CCC(CC(O)(Cn1ccc(=O)c2ccccc21)C(F)(F)F)c1cccc(C(C)=NOCc2ccccc2)c1. The van der Waals surface area contributed by atoms with Gasteiger partial charge in [0.25, 0.3) is 0 Å². The largest absolute Gasteiger partial charge is 0.418 e. The molecule has 0 amide bonds. The highest BCUT2D eigenvalue weighted by atomic mass is 19.4. The Hall–Kier alpha value is -3.91. The van der Waals surface area contributed by atoms with E-state index < -0.39 is 30.7 Å². The van der Waals surface area contributed by atoms with Crippen molar-refractivity contribution in [2.45, 2.75) is 57.5 Å². The number of hydrogen-bond acceptors (Lipinski definition) is 4. The molecular weight excluding hydrogens is 505 g/mol. The highest BCUT2D eigenvalue weighted by Gasteiger charge is 2.54. The van der Waals surface area contributed by atoms with E-state index in [-0.39, 0.29) is 5.43 Å². The Kier molecular flexibility index (Phi) is 8.55. The molecule has 4 aromatic rings. The molecule has 0 aliphatic heterocycles. The van der Waals surface area contributed by atoms with Gasteiger partial charge in [-0.05, 0) is 60.6 Å². The molecule has 0 spiro atoms. The fourth-order valence-electron chi connectivity index (χ4n) is 4.70. The Labute approximate surface area is 225 Å². The van der Waals surface area contributed by atoms with Crippen LogP contribution in [0.25, 0.3) is 10.9 Å². The molecule has 4 rings (SSSR count). The van der Waals surface area contributed by atoms with Gasteiger partial charge in [0, 0.05) is 17.6 Å². The maximum atomic E-state index is 14.4. The van der Waals surface area contributed by atoms with Crippen LogP contribution in [-0.2, 0) is 18.0 Å². The van der Waals surface area contributed by atoms with Crippen molar-refractivity contribution in [1.82, 2.24) is 4.57 Å². The summed E-state index contributed by atoms with van der Waals surface area (Å²) in [5.41, 5.74) is -0.0236. The number of benzene rings is 3. The molecule has 0 saturated carbocycles. The molecule has 39 heavy (non-hydrogen) atoms. The summed E-state index contributed by atoms with van der Waals surface area (Å²) in [6.07, 6.45) is -3.76. The van der Waals surface area contributed by atoms with Crippen LogP contribution in [0.4, 0.5) is 13.2 Å². The number of aliphatic hydroxyl groups is 1. The van der Waals surface area contributed by atoms with Crippen molar-refractivity contribution in [3.8, 4) is 0 Å². The summed E-state index contributed by atoms with van der Waals surface area (Å²) >= 11 is 0. The maximum absolute atomic E-state index is 14.4. The standard InChI is InChI=1S/C31H31F3N2O3/c1-3-24(26-13-9-12-25(18-26)22(2)35-39-20-23-10-5-4-6-11-23)19-30(38,31(32,33)34)21-36-17-16-29(37)27-14-7-8-15-28(27)36/h4-18,24,38H,3,19-21H2,1-2H3. The van der Waals surface area contributed by atoms with E-state index >= 15 is 0 Å². The summed E-state index contributed by atoms with van der Waals surface area (Å²) < 4.78 is 44.5. The van der Waals surface area contributed by atoms with E-state index in [1.54, 1.807) is 56.3 Å². The van der Waals surface area contributed by atoms with Crippen LogP contribution < -0.4 is 5.43 Å². The molecule has 0 fully saturated rings. The van der Waals surface area contributed by atoms with Crippen molar-refractivity contribution in [3.05, 3.63) is 118 Å². The van der Waals surface area contributed by atoms with Gasteiger partial charge in [0.1, 0.15) is 6.61 Å². The molecule has 0 bridgehead atoms. The zero-order valence-corrected chi connectivity index (χ0v) is 21.9. The number of pyridine rings is 1. The lowest BCUT2D eigenvalue weighted by atomic mass is 9.83. The van der Waals surface area contributed by atoms with Crippen LogP contribution in [0.5, 0.6) is 0 Å². The topological polar surface area (TPSA) is 63.8 Å². The second kappa shape index (κ2) is 11.9. The molecule has 8 heteroatoms. The number of nitrogens with zero attached hydrogens (tertiary/aromatic N) is 2. The molecule has 1 heterocycles. The number of hydrogen-bond donors (Lipinski definition) is 1. The summed E-state index contributed by atoms with van der Waals surface area (Å²) in [5.74, 6) is -0.583. The first kappa shape index (κ1) is 28.1. The average molecular weight is 537 g/mol. The zero-order valence-electron chi connectivity index (χ0n) is 21.9. The molecule has 0 aliphatic rings. The third-order valence-electron chi connectivity index (χ3n) is 6.97. The minimum absolute atomic E-state index is 0.287. The van der Waals surface area contributed by atoms with Crippen molar-refractivity contribution < 1.29 is 23.1 Å². The number of halogens is 3. The van der Waals surface area contributed by atoms with Gasteiger partial charge in [0.2, 0.25) is 0 Å². The minimum Gasteiger partial charge on any atom is -0.391 e. The van der Waals surface area contributed by atoms with E-state index in [0.717, 1.165) is 11.1 Å². The predicted octanol–water partition coefficient (Wildman–Crippen LogP) is 6.82. The van der Waals surface area contributed by atoms with Crippen LogP contribution in [-0.4, -0.2) is 27.2 Å². The summed E-state index contributed by atoms with van der Waals surface area (Å²) in [7, 11) is 0. The van der Waals surface area contributed by atoms with Crippen LogP contribution in [0, 0.1) is 0 Å². The normalized spacial score (nSPS) is 14.7. The zero-order chi connectivity index (χ0) is 28.0. The molecule has 1 N–H and O–H groups in total. The number of rotatable bonds is 10. The van der Waals surface area contributed by atoms with Gasteiger partial charge < -0.3 is 14.5 Å². The van der Waals surface area contributed by atoms with E-state index in [1.165, 1.54) is 16.8 Å². The highest BCUT2D eigenvalue weighted by Crippen LogP contribution is 2.41. The third-order valence-corrected chi connectivity index (χ3v) is 6.97. The van der Waals surface area contributed by atoms with Crippen LogP contribution in [0.15, 0.2) is 101 Å². The highest BCUT2D eigenvalue weighted by molar-refractivity contribution is 5.98. The Balaban J connectivity index is 1.58. The quantitative estimate of drug-likeness (QED) is 0.179. The summed E-state index contributed by atoms with van der Waals surface area (Å²) in [4.78, 5) is 17.7. The Morgan fingerprint density at radius 2 is 1.72 bits per heavy atom. The lowest BCUT2D eigenvalue weighted by Gasteiger charge is -2.35. The van der Waals surface area contributed by atoms with E-state index in [9.17, 15) is 23.1 Å². The summed E-state index contributed by atoms with van der Waals surface area (Å²) in [5, 5.41) is 15.6. The summed E-state index contributed by atoms with van der Waals surface area (Å²) in [6, 6.07) is 24.4. The Morgan fingerprint density at radius 3 is 2.44 bits per heavy atom. The second-order valence-electron chi connectivity index (χ2n) is 9.72. The van der Waals surface area contributed by atoms with Crippen molar-refractivity contribution in [2.24, 2.45) is 5.16 Å². The molecule has 3 aromatic carbocycles. The average Bonchev–Trinajstić information content (AvgIpc) is 2.93. The van der Waals surface area contributed by atoms with Gasteiger partial charge in [-0.25, -0.2) is 0 Å². The number of oxime groups is 1. The van der Waals surface area contributed by atoms with Crippen LogP contribution in [0.1, 0.15) is 49.3 Å². The molecule has 0 radical (unpaired) electrons. The van der Waals surface area contributed by atoms with Gasteiger partial charge in [-0.3, -0.25) is 4.79 Å². The van der Waals surface area contributed by atoms with Crippen molar-refractivity contribution in [2.75, 3.05) is 0 Å². The van der Waals surface area contributed by atoms with Gasteiger partial charge in [-0.1, -0.05) is 72.7 Å². The van der Waals surface area contributed by atoms with Crippen LogP contribution in [0.2, 0.25) is 0 Å². The number of fused-ring (bicyclic) bond motifs is 1. The van der Waals surface area contributed by atoms with Gasteiger partial charge >= 0.3 is 6.18 Å².